The first kappa shape index (κ1) is 12.8. The van der Waals surface area contributed by atoms with Gasteiger partial charge in [0, 0.05) is 5.56 Å². The lowest BCUT2D eigenvalue weighted by Gasteiger charge is -2.00. The van der Waals surface area contributed by atoms with E-state index in [1.807, 2.05) is 25.1 Å². The molecule has 0 radical (unpaired) electrons. The Morgan fingerprint density at radius 2 is 1.90 bits per heavy atom. The molecule has 0 aliphatic carbocycles. The van der Waals surface area contributed by atoms with Crippen molar-refractivity contribution >= 4 is 28.1 Å². The van der Waals surface area contributed by atoms with Gasteiger partial charge in [-0.1, -0.05) is 36.4 Å². The Morgan fingerprint density at radius 3 is 2.65 bits per heavy atom. The van der Waals surface area contributed by atoms with Gasteiger partial charge >= 0.3 is 5.97 Å². The van der Waals surface area contributed by atoms with Crippen LogP contribution < -0.4 is 0 Å². The summed E-state index contributed by atoms with van der Waals surface area (Å²) in [7, 11) is 1.39. The van der Waals surface area contributed by atoms with Crippen molar-refractivity contribution in [3.8, 4) is 10.6 Å². The zero-order valence-electron chi connectivity index (χ0n) is 11.2. The van der Waals surface area contributed by atoms with Crippen molar-refractivity contribution in [1.29, 1.82) is 0 Å². The summed E-state index contributed by atoms with van der Waals surface area (Å²) in [6, 6.07) is 14.4. The lowest BCUT2D eigenvalue weighted by Crippen LogP contribution is -1.99. The molecule has 1 heterocycles. The van der Waals surface area contributed by atoms with Crippen molar-refractivity contribution in [2.45, 2.75) is 6.92 Å². The molecule has 3 nitrogen and oxygen atoms in total. The molecule has 0 spiro atoms. The van der Waals surface area contributed by atoms with Crippen LogP contribution in [-0.2, 0) is 4.74 Å². The van der Waals surface area contributed by atoms with Gasteiger partial charge in [-0.25, -0.2) is 9.78 Å². The fourth-order valence-corrected chi connectivity index (χ4v) is 3.11. The summed E-state index contributed by atoms with van der Waals surface area (Å²) in [6.07, 6.45) is 0. The number of carbonyl (C=O) groups excluding carboxylic acids is 1. The molecule has 0 amide bonds. The smallest absolute Gasteiger partial charge is 0.349 e. The molecule has 0 aliphatic heterocycles. The fraction of sp³-hybridized carbons (Fsp3) is 0.125. The number of esters is 1. The van der Waals surface area contributed by atoms with Gasteiger partial charge in [0.2, 0.25) is 0 Å². The zero-order valence-corrected chi connectivity index (χ0v) is 12.0. The Labute approximate surface area is 120 Å². The Kier molecular flexibility index (Phi) is 3.24. The van der Waals surface area contributed by atoms with Crippen molar-refractivity contribution in [2.24, 2.45) is 0 Å². The molecular formula is C16H13NO2S. The molecule has 2 aromatic carbocycles. The standard InChI is InChI=1S/C16H13NO2S/c1-10-14(16(18)19-2)20-15(17-10)13-8-7-11-5-3-4-6-12(11)9-13/h3-9H,1-2H3. The normalized spacial score (nSPS) is 10.7. The molecule has 3 aromatic rings. The van der Waals surface area contributed by atoms with Crippen LogP contribution in [0.15, 0.2) is 42.5 Å². The van der Waals surface area contributed by atoms with Gasteiger partial charge in [0.1, 0.15) is 9.88 Å². The first-order valence-corrected chi connectivity index (χ1v) is 7.05. The van der Waals surface area contributed by atoms with Gasteiger partial charge in [0.15, 0.2) is 0 Å². The summed E-state index contributed by atoms with van der Waals surface area (Å²) in [6.45, 7) is 1.83. The van der Waals surface area contributed by atoms with Crippen molar-refractivity contribution in [1.82, 2.24) is 4.98 Å². The maximum absolute atomic E-state index is 11.6. The quantitative estimate of drug-likeness (QED) is 0.666. The van der Waals surface area contributed by atoms with Crippen LogP contribution in [0, 0.1) is 6.92 Å². The molecule has 0 fully saturated rings. The molecule has 0 saturated heterocycles. The number of thiazole rings is 1. The van der Waals surface area contributed by atoms with E-state index in [0.29, 0.717) is 10.6 Å². The van der Waals surface area contributed by atoms with Crippen molar-refractivity contribution < 1.29 is 9.53 Å². The van der Waals surface area contributed by atoms with E-state index in [-0.39, 0.29) is 5.97 Å². The Bertz CT molecular complexity index is 792. The molecule has 0 bridgehead atoms. The summed E-state index contributed by atoms with van der Waals surface area (Å²) in [5.74, 6) is -0.327. The van der Waals surface area contributed by atoms with Gasteiger partial charge in [-0.3, -0.25) is 0 Å². The highest BCUT2D eigenvalue weighted by Gasteiger charge is 2.16. The van der Waals surface area contributed by atoms with Crippen LogP contribution in [0.4, 0.5) is 0 Å². The highest BCUT2D eigenvalue weighted by atomic mass is 32.1. The minimum absolute atomic E-state index is 0.327. The summed E-state index contributed by atoms with van der Waals surface area (Å²) >= 11 is 1.37. The van der Waals surface area contributed by atoms with E-state index in [2.05, 4.69) is 29.2 Å². The van der Waals surface area contributed by atoms with Crippen molar-refractivity contribution in [2.75, 3.05) is 7.11 Å². The average molecular weight is 283 g/mol. The second kappa shape index (κ2) is 5.06. The van der Waals surface area contributed by atoms with Crippen LogP contribution in [0.2, 0.25) is 0 Å². The van der Waals surface area contributed by atoms with E-state index in [1.54, 1.807) is 0 Å². The molecule has 0 unspecified atom stereocenters. The number of aryl methyl sites for hydroxylation is 1. The molecule has 0 N–H and O–H groups in total. The second-order valence-electron chi connectivity index (χ2n) is 4.49. The number of carbonyl (C=O) groups is 1. The van der Waals surface area contributed by atoms with Crippen LogP contribution in [0.25, 0.3) is 21.3 Å². The highest BCUT2D eigenvalue weighted by Crippen LogP contribution is 2.30. The first-order valence-electron chi connectivity index (χ1n) is 6.24. The molecule has 0 aliphatic rings. The van der Waals surface area contributed by atoms with E-state index in [4.69, 9.17) is 4.74 Å². The number of nitrogens with zero attached hydrogens (tertiary/aromatic N) is 1. The van der Waals surface area contributed by atoms with Crippen molar-refractivity contribution in [3.05, 3.63) is 53.0 Å². The van der Waals surface area contributed by atoms with Gasteiger partial charge in [-0.15, -0.1) is 11.3 Å². The maximum Gasteiger partial charge on any atom is 0.349 e. The number of aromatic nitrogens is 1. The Morgan fingerprint density at radius 1 is 1.15 bits per heavy atom. The topological polar surface area (TPSA) is 39.2 Å². The van der Waals surface area contributed by atoms with E-state index in [0.717, 1.165) is 16.0 Å². The molecule has 100 valence electrons. The maximum atomic E-state index is 11.6. The van der Waals surface area contributed by atoms with E-state index in [9.17, 15) is 4.79 Å². The summed E-state index contributed by atoms with van der Waals surface area (Å²) in [5.41, 5.74) is 1.73. The number of fused-ring (bicyclic) bond motifs is 1. The average Bonchev–Trinajstić information content (AvgIpc) is 2.88. The predicted octanol–water partition coefficient (Wildman–Crippen LogP) is 4.06. The van der Waals surface area contributed by atoms with Gasteiger partial charge < -0.3 is 4.74 Å². The predicted molar refractivity (Wildman–Crippen MR) is 81.1 cm³/mol. The molecule has 0 atom stereocenters. The van der Waals surface area contributed by atoms with E-state index in [1.165, 1.54) is 23.8 Å². The summed E-state index contributed by atoms with van der Waals surface area (Å²) < 4.78 is 4.77. The van der Waals surface area contributed by atoms with Crippen LogP contribution >= 0.6 is 11.3 Å². The van der Waals surface area contributed by atoms with E-state index < -0.39 is 0 Å². The number of methoxy groups -OCH3 is 1. The molecular weight excluding hydrogens is 270 g/mol. The number of ether oxygens (including phenoxy) is 1. The third-order valence-corrected chi connectivity index (χ3v) is 4.35. The number of hydrogen-bond donors (Lipinski definition) is 0. The van der Waals surface area contributed by atoms with Gasteiger partial charge in [0.25, 0.3) is 0 Å². The number of hydrogen-bond acceptors (Lipinski definition) is 4. The largest absolute Gasteiger partial charge is 0.465 e. The fourth-order valence-electron chi connectivity index (χ4n) is 2.12. The lowest BCUT2D eigenvalue weighted by atomic mass is 10.1. The summed E-state index contributed by atoms with van der Waals surface area (Å²) in [4.78, 5) is 16.7. The number of benzene rings is 2. The molecule has 20 heavy (non-hydrogen) atoms. The Hall–Kier alpha value is -2.20. The Balaban J connectivity index is 2.09. The van der Waals surface area contributed by atoms with Gasteiger partial charge in [0.05, 0.1) is 12.8 Å². The van der Waals surface area contributed by atoms with E-state index >= 15 is 0 Å². The minimum Gasteiger partial charge on any atom is -0.465 e. The minimum atomic E-state index is -0.327. The first-order chi connectivity index (χ1) is 9.69. The molecule has 4 heteroatoms. The number of rotatable bonds is 2. The highest BCUT2D eigenvalue weighted by molar-refractivity contribution is 7.17. The zero-order chi connectivity index (χ0) is 14.1. The van der Waals surface area contributed by atoms with Crippen LogP contribution in [0.1, 0.15) is 15.4 Å². The molecule has 0 saturated carbocycles. The van der Waals surface area contributed by atoms with Gasteiger partial charge in [-0.2, -0.15) is 0 Å². The van der Waals surface area contributed by atoms with Crippen LogP contribution in [0.5, 0.6) is 0 Å². The molecule has 1 aromatic heterocycles. The molecule has 3 rings (SSSR count). The third-order valence-electron chi connectivity index (χ3n) is 3.16. The van der Waals surface area contributed by atoms with Crippen LogP contribution in [0.3, 0.4) is 0 Å². The second-order valence-corrected chi connectivity index (χ2v) is 5.49. The summed E-state index contributed by atoms with van der Waals surface area (Å²) in [5, 5.41) is 3.20. The van der Waals surface area contributed by atoms with Crippen LogP contribution in [-0.4, -0.2) is 18.1 Å². The SMILES string of the molecule is COC(=O)c1sc(-c2ccc3ccccc3c2)nc1C. The lowest BCUT2D eigenvalue weighted by molar-refractivity contribution is 0.0605. The monoisotopic (exact) mass is 283 g/mol. The van der Waals surface area contributed by atoms with Gasteiger partial charge in [-0.05, 0) is 23.8 Å². The third kappa shape index (κ3) is 2.18. The van der Waals surface area contributed by atoms with Crippen molar-refractivity contribution in [3.63, 3.8) is 0 Å².